The van der Waals surface area contributed by atoms with Crippen LogP contribution in [0, 0.1) is 20.8 Å². The summed E-state index contributed by atoms with van der Waals surface area (Å²) in [5.41, 5.74) is 5.47. The number of hydrogen-bond donors (Lipinski definition) is 1. The summed E-state index contributed by atoms with van der Waals surface area (Å²) in [7, 11) is 0. The van der Waals surface area contributed by atoms with E-state index >= 15 is 0 Å². The van der Waals surface area contributed by atoms with Gasteiger partial charge in [-0.05, 0) is 44.7 Å². The topological polar surface area (TPSA) is 12.0 Å². The number of nitrogens with one attached hydrogen (secondary N) is 1. The second-order valence-electron chi connectivity index (χ2n) is 4.19. The van der Waals surface area contributed by atoms with Crippen molar-refractivity contribution in [2.24, 2.45) is 0 Å². The van der Waals surface area contributed by atoms with Crippen molar-refractivity contribution < 1.29 is 0 Å². The molecule has 1 aliphatic rings. The Morgan fingerprint density at radius 2 is 1.62 bits per heavy atom. The van der Waals surface area contributed by atoms with Crippen molar-refractivity contribution in [1.29, 1.82) is 0 Å². The number of hydrogen-bond acceptors (Lipinski definition) is 1. The van der Waals surface area contributed by atoms with E-state index in [9.17, 15) is 0 Å². The fraction of sp³-hybridized carbons (Fsp3) is 0.500. The Morgan fingerprint density at radius 3 is 2.08 bits per heavy atom. The normalized spacial score (nSPS) is 15.9. The predicted octanol–water partition coefficient (Wildman–Crippen LogP) is 3.19. The summed E-state index contributed by atoms with van der Waals surface area (Å²) < 4.78 is 0. The molecule has 0 atom stereocenters. The van der Waals surface area contributed by atoms with Gasteiger partial charge < -0.3 is 5.32 Å². The van der Waals surface area contributed by atoms with Crippen molar-refractivity contribution in [1.82, 2.24) is 0 Å². The highest BCUT2D eigenvalue weighted by atomic mass is 15.0. The highest BCUT2D eigenvalue weighted by Crippen LogP contribution is 2.29. The van der Waals surface area contributed by atoms with Crippen molar-refractivity contribution in [2.75, 3.05) is 5.32 Å². The summed E-state index contributed by atoms with van der Waals surface area (Å²) in [6.45, 7) is 6.52. The van der Waals surface area contributed by atoms with Crippen LogP contribution >= 0.6 is 0 Å². The van der Waals surface area contributed by atoms with Gasteiger partial charge in [0.05, 0.1) is 0 Å². The van der Waals surface area contributed by atoms with E-state index in [4.69, 9.17) is 0 Å². The monoisotopic (exact) mass is 175 g/mol. The van der Waals surface area contributed by atoms with Crippen LogP contribution in [0.1, 0.15) is 29.5 Å². The summed E-state index contributed by atoms with van der Waals surface area (Å²) in [4.78, 5) is 0. The predicted molar refractivity (Wildman–Crippen MR) is 57.3 cm³/mol. The molecule has 0 amide bonds. The van der Waals surface area contributed by atoms with Gasteiger partial charge in [0.15, 0.2) is 0 Å². The SMILES string of the molecule is Cc1cc(C)c(NC2CC2)c(C)c1. The first-order valence-corrected chi connectivity index (χ1v) is 5.01. The Bertz CT molecular complexity index is 301. The zero-order chi connectivity index (χ0) is 9.42. The smallest absolute Gasteiger partial charge is 0.0401 e. The van der Waals surface area contributed by atoms with E-state index in [0.29, 0.717) is 0 Å². The van der Waals surface area contributed by atoms with Crippen LogP contribution < -0.4 is 5.32 Å². The number of anilines is 1. The van der Waals surface area contributed by atoms with Gasteiger partial charge in [-0.25, -0.2) is 0 Å². The zero-order valence-corrected chi connectivity index (χ0v) is 8.65. The number of rotatable bonds is 2. The van der Waals surface area contributed by atoms with Crippen LogP contribution in [-0.2, 0) is 0 Å². The van der Waals surface area contributed by atoms with E-state index in [1.54, 1.807) is 0 Å². The van der Waals surface area contributed by atoms with Crippen molar-refractivity contribution in [3.05, 3.63) is 28.8 Å². The molecule has 1 aromatic rings. The first kappa shape index (κ1) is 8.61. The van der Waals surface area contributed by atoms with Gasteiger partial charge in [-0.3, -0.25) is 0 Å². The molecule has 13 heavy (non-hydrogen) atoms. The molecule has 1 fully saturated rings. The summed E-state index contributed by atoms with van der Waals surface area (Å²) in [5.74, 6) is 0. The molecule has 1 saturated carbocycles. The number of benzene rings is 1. The molecule has 0 bridgehead atoms. The van der Waals surface area contributed by atoms with E-state index in [-0.39, 0.29) is 0 Å². The lowest BCUT2D eigenvalue weighted by Crippen LogP contribution is -2.04. The third-order valence-electron chi connectivity index (χ3n) is 2.60. The van der Waals surface area contributed by atoms with Crippen LogP contribution in [0.25, 0.3) is 0 Å². The fourth-order valence-corrected chi connectivity index (χ4v) is 1.84. The van der Waals surface area contributed by atoms with Crippen LogP contribution in [0.4, 0.5) is 5.69 Å². The maximum absolute atomic E-state index is 3.58. The summed E-state index contributed by atoms with van der Waals surface area (Å²) in [5, 5.41) is 3.58. The molecule has 1 aliphatic carbocycles. The largest absolute Gasteiger partial charge is 0.382 e. The second kappa shape index (κ2) is 3.06. The van der Waals surface area contributed by atoms with Gasteiger partial charge in [-0.1, -0.05) is 17.7 Å². The van der Waals surface area contributed by atoms with Gasteiger partial charge in [0.25, 0.3) is 0 Å². The summed E-state index contributed by atoms with van der Waals surface area (Å²) in [6, 6.07) is 5.25. The second-order valence-corrected chi connectivity index (χ2v) is 4.19. The Hall–Kier alpha value is -0.980. The van der Waals surface area contributed by atoms with Crippen LogP contribution in [-0.4, -0.2) is 6.04 Å². The zero-order valence-electron chi connectivity index (χ0n) is 8.65. The van der Waals surface area contributed by atoms with Gasteiger partial charge in [0.1, 0.15) is 0 Å². The van der Waals surface area contributed by atoms with Crippen LogP contribution in [0.5, 0.6) is 0 Å². The molecular weight excluding hydrogens is 158 g/mol. The molecule has 1 heteroatoms. The van der Waals surface area contributed by atoms with E-state index in [0.717, 1.165) is 6.04 Å². The van der Waals surface area contributed by atoms with E-state index in [1.807, 2.05) is 0 Å². The third-order valence-corrected chi connectivity index (χ3v) is 2.60. The first-order chi connectivity index (χ1) is 6.16. The van der Waals surface area contributed by atoms with Gasteiger partial charge in [-0.2, -0.15) is 0 Å². The average molecular weight is 175 g/mol. The first-order valence-electron chi connectivity index (χ1n) is 5.01. The molecule has 0 radical (unpaired) electrons. The number of aryl methyl sites for hydroxylation is 3. The van der Waals surface area contributed by atoms with Crippen LogP contribution in [0.3, 0.4) is 0 Å². The Labute approximate surface area is 80.2 Å². The highest BCUT2D eigenvalue weighted by molar-refractivity contribution is 5.59. The van der Waals surface area contributed by atoms with Crippen molar-refractivity contribution in [3.63, 3.8) is 0 Å². The van der Waals surface area contributed by atoms with Crippen molar-refractivity contribution in [2.45, 2.75) is 39.7 Å². The lowest BCUT2D eigenvalue weighted by molar-refractivity contribution is 1.13. The molecule has 2 rings (SSSR count). The maximum atomic E-state index is 3.58. The molecule has 0 unspecified atom stereocenters. The molecule has 1 aromatic carbocycles. The summed E-state index contributed by atoms with van der Waals surface area (Å²) >= 11 is 0. The molecule has 0 heterocycles. The third kappa shape index (κ3) is 1.85. The van der Waals surface area contributed by atoms with Crippen LogP contribution in [0.2, 0.25) is 0 Å². The quantitative estimate of drug-likeness (QED) is 0.728. The van der Waals surface area contributed by atoms with Crippen LogP contribution in [0.15, 0.2) is 12.1 Å². The maximum Gasteiger partial charge on any atom is 0.0401 e. The average Bonchev–Trinajstić information content (AvgIpc) is 2.79. The van der Waals surface area contributed by atoms with Gasteiger partial charge >= 0.3 is 0 Å². The van der Waals surface area contributed by atoms with Gasteiger partial charge in [-0.15, -0.1) is 0 Å². The fourth-order valence-electron chi connectivity index (χ4n) is 1.84. The molecule has 70 valence electrons. The van der Waals surface area contributed by atoms with Crippen molar-refractivity contribution >= 4 is 5.69 Å². The molecule has 0 saturated heterocycles. The van der Waals surface area contributed by atoms with E-state index in [1.165, 1.54) is 35.2 Å². The van der Waals surface area contributed by atoms with Crippen molar-refractivity contribution in [3.8, 4) is 0 Å². The lowest BCUT2D eigenvalue weighted by Gasteiger charge is -2.12. The van der Waals surface area contributed by atoms with E-state index in [2.05, 4.69) is 38.2 Å². The molecule has 0 spiro atoms. The molecule has 1 nitrogen and oxygen atoms in total. The standard InChI is InChI=1S/C12H17N/c1-8-6-9(2)12(10(3)7-8)13-11-4-5-11/h6-7,11,13H,4-5H2,1-3H3. The minimum atomic E-state index is 0.750. The molecule has 1 N–H and O–H groups in total. The molecule has 0 aliphatic heterocycles. The van der Waals surface area contributed by atoms with Gasteiger partial charge in [0, 0.05) is 11.7 Å². The highest BCUT2D eigenvalue weighted by Gasteiger charge is 2.21. The Balaban J connectivity index is 2.31. The Kier molecular flexibility index (Phi) is 2.03. The Morgan fingerprint density at radius 1 is 1.08 bits per heavy atom. The van der Waals surface area contributed by atoms with Gasteiger partial charge in [0.2, 0.25) is 0 Å². The lowest BCUT2D eigenvalue weighted by atomic mass is 10.1. The minimum absolute atomic E-state index is 0.750. The molecule has 0 aromatic heterocycles. The minimum Gasteiger partial charge on any atom is -0.382 e. The summed E-state index contributed by atoms with van der Waals surface area (Å²) in [6.07, 6.45) is 2.68. The van der Waals surface area contributed by atoms with E-state index < -0.39 is 0 Å². The molecular formula is C12H17N.